The van der Waals surface area contributed by atoms with Gasteiger partial charge in [-0.25, -0.2) is 0 Å². The SMILES string of the molecule is O=C(NC(c1ccccc1)c1ccccc1)[C@@H](Sc1ccccc1)c1ccccc1. The first-order valence-electron chi connectivity index (χ1n) is 9.98. The number of carbonyl (C=O) groups is 1. The lowest BCUT2D eigenvalue weighted by Crippen LogP contribution is -2.32. The Bertz CT molecular complexity index is 1010. The topological polar surface area (TPSA) is 29.1 Å². The van der Waals surface area contributed by atoms with Crippen LogP contribution in [0.15, 0.2) is 126 Å². The maximum absolute atomic E-state index is 13.6. The largest absolute Gasteiger partial charge is 0.344 e. The summed E-state index contributed by atoms with van der Waals surface area (Å²) in [6, 6.07) is 40.0. The van der Waals surface area contributed by atoms with Crippen LogP contribution in [0.25, 0.3) is 0 Å². The molecule has 1 N–H and O–H groups in total. The maximum atomic E-state index is 13.6. The van der Waals surface area contributed by atoms with Crippen LogP contribution in [-0.4, -0.2) is 5.91 Å². The molecule has 0 bridgehead atoms. The molecule has 0 aromatic heterocycles. The Labute approximate surface area is 182 Å². The number of amides is 1. The number of rotatable bonds is 7. The molecule has 0 unspecified atom stereocenters. The van der Waals surface area contributed by atoms with Gasteiger partial charge in [-0.2, -0.15) is 0 Å². The molecule has 4 aromatic carbocycles. The van der Waals surface area contributed by atoms with Crippen LogP contribution in [0.5, 0.6) is 0 Å². The minimum Gasteiger partial charge on any atom is -0.344 e. The molecule has 0 saturated heterocycles. The lowest BCUT2D eigenvalue weighted by atomic mass is 9.98. The summed E-state index contributed by atoms with van der Waals surface area (Å²) in [7, 11) is 0. The Morgan fingerprint density at radius 3 is 1.43 bits per heavy atom. The number of carbonyl (C=O) groups excluding carboxylic acids is 1. The summed E-state index contributed by atoms with van der Waals surface area (Å²) < 4.78 is 0. The molecule has 4 rings (SSSR count). The zero-order chi connectivity index (χ0) is 20.6. The molecule has 0 saturated carbocycles. The number of thioether (sulfide) groups is 1. The fourth-order valence-electron chi connectivity index (χ4n) is 3.40. The van der Waals surface area contributed by atoms with Crippen LogP contribution in [0.1, 0.15) is 28.0 Å². The first-order chi connectivity index (χ1) is 14.8. The molecule has 1 atom stereocenters. The maximum Gasteiger partial charge on any atom is 0.238 e. The minimum absolute atomic E-state index is 0.00670. The zero-order valence-electron chi connectivity index (χ0n) is 16.5. The summed E-state index contributed by atoms with van der Waals surface area (Å²) in [4.78, 5) is 14.6. The van der Waals surface area contributed by atoms with Gasteiger partial charge in [0.15, 0.2) is 0 Å². The Hall–Kier alpha value is -3.30. The first kappa shape index (κ1) is 20.0. The molecule has 0 aliphatic carbocycles. The van der Waals surface area contributed by atoms with E-state index in [0.29, 0.717) is 0 Å². The van der Waals surface area contributed by atoms with Crippen LogP contribution in [-0.2, 0) is 4.79 Å². The number of nitrogens with one attached hydrogen (secondary N) is 1. The lowest BCUT2D eigenvalue weighted by Gasteiger charge is -2.24. The quantitative estimate of drug-likeness (QED) is 0.357. The van der Waals surface area contributed by atoms with Gasteiger partial charge in [-0.05, 0) is 28.8 Å². The smallest absolute Gasteiger partial charge is 0.238 e. The van der Waals surface area contributed by atoms with Crippen LogP contribution in [0.3, 0.4) is 0 Å². The highest BCUT2D eigenvalue weighted by Crippen LogP contribution is 2.36. The third-order valence-electron chi connectivity index (χ3n) is 4.89. The van der Waals surface area contributed by atoms with Gasteiger partial charge in [0, 0.05) is 4.90 Å². The molecule has 0 heterocycles. The highest BCUT2D eigenvalue weighted by Gasteiger charge is 2.25. The minimum atomic E-state index is -0.344. The van der Waals surface area contributed by atoms with Crippen LogP contribution in [0, 0.1) is 0 Å². The van der Waals surface area contributed by atoms with Gasteiger partial charge in [0.25, 0.3) is 0 Å². The van der Waals surface area contributed by atoms with E-state index < -0.39 is 0 Å². The van der Waals surface area contributed by atoms with E-state index in [0.717, 1.165) is 21.6 Å². The van der Waals surface area contributed by atoms with E-state index >= 15 is 0 Å². The average Bonchev–Trinajstić information content (AvgIpc) is 2.83. The van der Waals surface area contributed by atoms with Crippen LogP contribution >= 0.6 is 11.8 Å². The van der Waals surface area contributed by atoms with Crippen molar-refractivity contribution in [3.8, 4) is 0 Å². The normalized spacial score (nSPS) is 11.8. The van der Waals surface area contributed by atoms with E-state index in [-0.39, 0.29) is 17.2 Å². The van der Waals surface area contributed by atoms with Crippen LogP contribution < -0.4 is 5.32 Å². The number of hydrogen-bond donors (Lipinski definition) is 1. The second kappa shape index (κ2) is 9.95. The Morgan fingerprint density at radius 2 is 0.967 bits per heavy atom. The number of benzene rings is 4. The highest BCUT2D eigenvalue weighted by atomic mass is 32.2. The van der Waals surface area contributed by atoms with Gasteiger partial charge >= 0.3 is 0 Å². The van der Waals surface area contributed by atoms with Crippen molar-refractivity contribution < 1.29 is 4.79 Å². The summed E-state index contributed by atoms with van der Waals surface area (Å²) >= 11 is 1.57. The van der Waals surface area contributed by atoms with E-state index in [9.17, 15) is 4.79 Å². The van der Waals surface area contributed by atoms with Gasteiger partial charge < -0.3 is 5.32 Å². The Kier molecular flexibility index (Phi) is 6.63. The predicted molar refractivity (Wildman–Crippen MR) is 124 cm³/mol. The van der Waals surface area contributed by atoms with E-state index in [1.54, 1.807) is 11.8 Å². The fourth-order valence-corrected chi connectivity index (χ4v) is 4.46. The Morgan fingerprint density at radius 1 is 0.567 bits per heavy atom. The van der Waals surface area contributed by atoms with Crippen LogP contribution in [0.4, 0.5) is 0 Å². The standard InChI is InChI=1S/C27H23NOS/c29-27(26(23-17-9-3-10-18-23)30-24-19-11-4-12-20-24)28-25(21-13-5-1-6-14-21)22-15-7-2-8-16-22/h1-20,25-26H,(H,28,29)/t26-/m0/s1. The second-order valence-electron chi connectivity index (χ2n) is 6.98. The second-order valence-corrected chi connectivity index (χ2v) is 8.16. The van der Waals surface area contributed by atoms with Crippen molar-refractivity contribution >= 4 is 17.7 Å². The van der Waals surface area contributed by atoms with Gasteiger partial charge in [-0.3, -0.25) is 4.79 Å². The van der Waals surface area contributed by atoms with E-state index in [4.69, 9.17) is 0 Å². The molecule has 1 amide bonds. The Balaban J connectivity index is 1.65. The monoisotopic (exact) mass is 409 g/mol. The van der Waals surface area contributed by atoms with Crippen molar-refractivity contribution in [1.29, 1.82) is 0 Å². The molecular weight excluding hydrogens is 386 g/mol. The molecule has 0 aliphatic heterocycles. The molecule has 30 heavy (non-hydrogen) atoms. The van der Waals surface area contributed by atoms with Crippen molar-refractivity contribution in [2.45, 2.75) is 16.2 Å². The molecule has 0 spiro atoms. The highest BCUT2D eigenvalue weighted by molar-refractivity contribution is 8.00. The predicted octanol–water partition coefficient (Wildman–Crippen LogP) is 6.43. The molecule has 0 radical (unpaired) electrons. The zero-order valence-corrected chi connectivity index (χ0v) is 17.3. The van der Waals surface area contributed by atoms with Gasteiger partial charge in [0.05, 0.1) is 6.04 Å². The first-order valence-corrected chi connectivity index (χ1v) is 10.9. The van der Waals surface area contributed by atoms with Gasteiger partial charge in [-0.15, -0.1) is 11.8 Å². The molecular formula is C27H23NOS. The van der Waals surface area contributed by atoms with Crippen molar-refractivity contribution in [2.75, 3.05) is 0 Å². The fraction of sp³-hybridized carbons (Fsp3) is 0.0741. The molecule has 148 valence electrons. The van der Waals surface area contributed by atoms with Crippen molar-refractivity contribution in [1.82, 2.24) is 5.32 Å². The average molecular weight is 410 g/mol. The summed E-state index contributed by atoms with van der Waals surface area (Å²) in [5.41, 5.74) is 3.12. The molecule has 2 nitrogen and oxygen atoms in total. The lowest BCUT2D eigenvalue weighted by molar-refractivity contribution is -0.121. The molecule has 0 aliphatic rings. The van der Waals surface area contributed by atoms with Crippen molar-refractivity contribution in [3.63, 3.8) is 0 Å². The van der Waals surface area contributed by atoms with Crippen molar-refractivity contribution in [2.24, 2.45) is 0 Å². The molecule has 3 heteroatoms. The number of hydrogen-bond acceptors (Lipinski definition) is 2. The van der Waals surface area contributed by atoms with E-state index in [2.05, 4.69) is 29.6 Å². The summed E-state index contributed by atoms with van der Waals surface area (Å²) in [6.07, 6.45) is 0. The summed E-state index contributed by atoms with van der Waals surface area (Å²) in [5, 5.41) is 2.96. The summed E-state index contributed by atoms with van der Waals surface area (Å²) in [5.74, 6) is -0.00670. The van der Waals surface area contributed by atoms with Crippen LogP contribution in [0.2, 0.25) is 0 Å². The van der Waals surface area contributed by atoms with Crippen molar-refractivity contribution in [3.05, 3.63) is 138 Å². The van der Waals surface area contributed by atoms with Gasteiger partial charge in [0.2, 0.25) is 5.91 Å². The van der Waals surface area contributed by atoms with E-state index in [1.807, 2.05) is 97.1 Å². The van der Waals surface area contributed by atoms with Gasteiger partial charge in [0.1, 0.15) is 5.25 Å². The molecule has 0 fully saturated rings. The van der Waals surface area contributed by atoms with E-state index in [1.165, 1.54) is 0 Å². The van der Waals surface area contributed by atoms with Gasteiger partial charge in [-0.1, -0.05) is 109 Å². The third-order valence-corrected chi connectivity index (χ3v) is 6.16. The molecule has 4 aromatic rings. The summed E-state index contributed by atoms with van der Waals surface area (Å²) in [6.45, 7) is 0. The third kappa shape index (κ3) is 5.00.